The fourth-order valence-electron chi connectivity index (χ4n) is 1.42. The highest BCUT2D eigenvalue weighted by Gasteiger charge is 2.22. The molecule has 0 aromatic rings. The van der Waals surface area contributed by atoms with E-state index in [1.54, 1.807) is 0 Å². The number of ether oxygens (including phenoxy) is 1. The minimum absolute atomic E-state index is 0.262. The number of β-amino-alcohol motifs (C(OH)–C–C–N with tert-alkyl or cyclic N) is 1. The average molecular weight is 198 g/mol. The lowest BCUT2D eigenvalue weighted by molar-refractivity contribution is -0.0218. The molecule has 0 spiro atoms. The van der Waals surface area contributed by atoms with E-state index in [-0.39, 0.29) is 18.1 Å². The summed E-state index contributed by atoms with van der Waals surface area (Å²) in [6.45, 7) is 6.63. The summed E-state index contributed by atoms with van der Waals surface area (Å²) in [6.07, 6.45) is -0.643. The van der Waals surface area contributed by atoms with Gasteiger partial charge in [-0.2, -0.15) is 5.26 Å². The Morgan fingerprint density at radius 1 is 1.64 bits per heavy atom. The average Bonchev–Trinajstić information content (AvgIpc) is 2.18. The Morgan fingerprint density at radius 3 is 2.93 bits per heavy atom. The zero-order chi connectivity index (χ0) is 10.6. The van der Waals surface area contributed by atoms with E-state index in [4.69, 9.17) is 10.00 Å². The van der Waals surface area contributed by atoms with E-state index < -0.39 is 0 Å². The Morgan fingerprint density at radius 2 is 2.36 bits per heavy atom. The molecule has 1 aliphatic heterocycles. The smallest absolute Gasteiger partial charge is 0.156 e. The molecule has 0 aliphatic carbocycles. The highest BCUT2D eigenvalue weighted by Crippen LogP contribution is 2.08. The van der Waals surface area contributed by atoms with Gasteiger partial charge in [-0.05, 0) is 5.92 Å². The van der Waals surface area contributed by atoms with Crippen molar-refractivity contribution in [3.63, 3.8) is 0 Å². The summed E-state index contributed by atoms with van der Waals surface area (Å²) in [4.78, 5) is 2.09. The number of rotatable bonds is 3. The maximum atomic E-state index is 9.67. The first kappa shape index (κ1) is 11.4. The standard InChI is InChI=1S/C10H18N2O2/c1-8(2)10(13)7-12-3-4-14-9(5-11)6-12/h8-10,13H,3-4,6-7H2,1-2H3. The largest absolute Gasteiger partial charge is 0.392 e. The van der Waals surface area contributed by atoms with Gasteiger partial charge >= 0.3 is 0 Å². The summed E-state index contributed by atoms with van der Waals surface area (Å²) in [5.41, 5.74) is 0. The molecular formula is C10H18N2O2. The number of hydrogen-bond acceptors (Lipinski definition) is 4. The lowest BCUT2D eigenvalue weighted by Gasteiger charge is -2.32. The Bertz CT molecular complexity index is 213. The minimum Gasteiger partial charge on any atom is -0.392 e. The van der Waals surface area contributed by atoms with Crippen LogP contribution < -0.4 is 0 Å². The predicted molar refractivity (Wildman–Crippen MR) is 52.6 cm³/mol. The third-order valence-electron chi connectivity index (χ3n) is 2.51. The Kier molecular flexibility index (Phi) is 4.33. The van der Waals surface area contributed by atoms with E-state index in [0.717, 1.165) is 6.54 Å². The molecule has 80 valence electrons. The van der Waals surface area contributed by atoms with Crippen molar-refractivity contribution in [1.29, 1.82) is 5.26 Å². The summed E-state index contributed by atoms with van der Waals surface area (Å²) >= 11 is 0. The third kappa shape index (κ3) is 3.26. The first-order chi connectivity index (χ1) is 6.63. The second-order valence-corrected chi connectivity index (χ2v) is 4.06. The van der Waals surface area contributed by atoms with Gasteiger partial charge in [0.1, 0.15) is 0 Å². The van der Waals surface area contributed by atoms with Crippen LogP contribution in [-0.4, -0.2) is 48.5 Å². The van der Waals surface area contributed by atoms with Gasteiger partial charge in [-0.25, -0.2) is 0 Å². The number of morpholine rings is 1. The van der Waals surface area contributed by atoms with E-state index in [1.807, 2.05) is 13.8 Å². The SMILES string of the molecule is CC(C)C(O)CN1CCOC(C#N)C1. The fraction of sp³-hybridized carbons (Fsp3) is 0.900. The summed E-state index contributed by atoms with van der Waals surface area (Å²) in [5, 5.41) is 18.4. The van der Waals surface area contributed by atoms with Gasteiger partial charge in [-0.15, -0.1) is 0 Å². The summed E-state index contributed by atoms with van der Waals surface area (Å²) in [5.74, 6) is 0.262. The van der Waals surface area contributed by atoms with Crippen LogP contribution in [0.15, 0.2) is 0 Å². The highest BCUT2D eigenvalue weighted by molar-refractivity contribution is 4.89. The van der Waals surface area contributed by atoms with Crippen LogP contribution in [0.2, 0.25) is 0 Å². The molecule has 0 aromatic heterocycles. The Balaban J connectivity index is 2.34. The zero-order valence-electron chi connectivity index (χ0n) is 8.81. The van der Waals surface area contributed by atoms with Crippen molar-refractivity contribution in [3.8, 4) is 6.07 Å². The van der Waals surface area contributed by atoms with Crippen molar-refractivity contribution in [2.45, 2.75) is 26.1 Å². The topological polar surface area (TPSA) is 56.5 Å². The lowest BCUT2D eigenvalue weighted by Crippen LogP contribution is -2.45. The van der Waals surface area contributed by atoms with Crippen molar-refractivity contribution in [1.82, 2.24) is 4.90 Å². The molecule has 1 N–H and O–H groups in total. The first-order valence-corrected chi connectivity index (χ1v) is 5.05. The maximum absolute atomic E-state index is 9.67. The van der Waals surface area contributed by atoms with Crippen molar-refractivity contribution in [3.05, 3.63) is 0 Å². The van der Waals surface area contributed by atoms with Crippen LogP contribution >= 0.6 is 0 Å². The monoisotopic (exact) mass is 198 g/mol. The quantitative estimate of drug-likeness (QED) is 0.705. The van der Waals surface area contributed by atoms with E-state index in [2.05, 4.69) is 11.0 Å². The molecule has 1 saturated heterocycles. The Labute approximate surface area is 85.1 Å². The minimum atomic E-state index is -0.330. The van der Waals surface area contributed by atoms with Gasteiger partial charge in [0.2, 0.25) is 0 Å². The van der Waals surface area contributed by atoms with E-state index in [0.29, 0.717) is 19.7 Å². The molecule has 0 saturated carbocycles. The number of aliphatic hydroxyl groups is 1. The molecule has 0 aromatic carbocycles. The predicted octanol–water partition coefficient (Wildman–Crippen LogP) is 0.228. The summed E-state index contributed by atoms with van der Waals surface area (Å²) in [6, 6.07) is 2.09. The fourth-order valence-corrected chi connectivity index (χ4v) is 1.42. The van der Waals surface area contributed by atoms with Crippen LogP contribution in [0, 0.1) is 17.2 Å². The van der Waals surface area contributed by atoms with E-state index in [1.165, 1.54) is 0 Å². The van der Waals surface area contributed by atoms with Gasteiger partial charge in [0, 0.05) is 19.6 Å². The van der Waals surface area contributed by atoms with Crippen LogP contribution in [0.3, 0.4) is 0 Å². The van der Waals surface area contributed by atoms with E-state index in [9.17, 15) is 5.11 Å². The molecule has 1 heterocycles. The Hall–Kier alpha value is -0.630. The molecule has 2 atom stereocenters. The van der Waals surface area contributed by atoms with Crippen LogP contribution in [0.5, 0.6) is 0 Å². The van der Waals surface area contributed by atoms with Crippen molar-refractivity contribution >= 4 is 0 Å². The molecule has 4 heteroatoms. The second-order valence-electron chi connectivity index (χ2n) is 4.06. The number of aliphatic hydroxyl groups excluding tert-OH is 1. The third-order valence-corrected chi connectivity index (χ3v) is 2.51. The molecule has 1 aliphatic rings. The second kappa shape index (κ2) is 5.30. The summed E-state index contributed by atoms with van der Waals surface area (Å²) in [7, 11) is 0. The number of nitrogens with zero attached hydrogens (tertiary/aromatic N) is 2. The molecule has 0 radical (unpaired) electrons. The lowest BCUT2D eigenvalue weighted by atomic mass is 10.1. The van der Waals surface area contributed by atoms with Gasteiger partial charge in [0.05, 0.1) is 18.8 Å². The van der Waals surface area contributed by atoms with Crippen LogP contribution in [0.4, 0.5) is 0 Å². The van der Waals surface area contributed by atoms with Gasteiger partial charge in [0.15, 0.2) is 6.10 Å². The van der Waals surface area contributed by atoms with Crippen LogP contribution in [-0.2, 0) is 4.74 Å². The van der Waals surface area contributed by atoms with Crippen LogP contribution in [0.25, 0.3) is 0 Å². The van der Waals surface area contributed by atoms with Gasteiger partial charge in [-0.1, -0.05) is 13.8 Å². The molecule has 0 amide bonds. The molecular weight excluding hydrogens is 180 g/mol. The van der Waals surface area contributed by atoms with Crippen molar-refractivity contribution in [2.75, 3.05) is 26.2 Å². The highest BCUT2D eigenvalue weighted by atomic mass is 16.5. The molecule has 0 bridgehead atoms. The molecule has 4 nitrogen and oxygen atoms in total. The molecule has 2 unspecified atom stereocenters. The van der Waals surface area contributed by atoms with E-state index >= 15 is 0 Å². The van der Waals surface area contributed by atoms with Crippen molar-refractivity contribution in [2.24, 2.45) is 5.92 Å². The van der Waals surface area contributed by atoms with Crippen LogP contribution in [0.1, 0.15) is 13.8 Å². The molecule has 1 rings (SSSR count). The van der Waals surface area contributed by atoms with Crippen molar-refractivity contribution < 1.29 is 9.84 Å². The normalized spacial score (nSPS) is 26.1. The van der Waals surface area contributed by atoms with Gasteiger partial charge < -0.3 is 9.84 Å². The zero-order valence-corrected chi connectivity index (χ0v) is 8.81. The maximum Gasteiger partial charge on any atom is 0.156 e. The first-order valence-electron chi connectivity index (χ1n) is 5.05. The number of nitriles is 1. The van der Waals surface area contributed by atoms with Gasteiger partial charge in [0.25, 0.3) is 0 Å². The molecule has 14 heavy (non-hydrogen) atoms. The molecule has 1 fully saturated rings. The van der Waals surface area contributed by atoms with Gasteiger partial charge in [-0.3, -0.25) is 4.90 Å². The number of hydrogen-bond donors (Lipinski definition) is 1. The summed E-state index contributed by atoms with van der Waals surface area (Å²) < 4.78 is 5.21.